The minimum atomic E-state index is -0.548. The summed E-state index contributed by atoms with van der Waals surface area (Å²) in [6, 6.07) is 7.64. The van der Waals surface area contributed by atoms with Gasteiger partial charge in [0.2, 0.25) is 0 Å². The summed E-state index contributed by atoms with van der Waals surface area (Å²) < 4.78 is 1.63. The molecule has 1 aromatic carbocycles. The molecule has 0 fully saturated rings. The third-order valence-electron chi connectivity index (χ3n) is 3.72. The van der Waals surface area contributed by atoms with Crippen LogP contribution in [0.3, 0.4) is 0 Å². The Bertz CT molecular complexity index is 798. The van der Waals surface area contributed by atoms with Crippen molar-refractivity contribution in [2.24, 2.45) is 0 Å². The highest BCUT2D eigenvalue weighted by Crippen LogP contribution is 2.35. The number of nitrogens with zero attached hydrogens (tertiary/aromatic N) is 5. The highest BCUT2D eigenvalue weighted by molar-refractivity contribution is 5.80. The number of aliphatic hydroxyl groups excluding tert-OH is 1. The summed E-state index contributed by atoms with van der Waals surface area (Å²) in [6.07, 6.45) is 1.43. The average Bonchev–Trinajstić information content (AvgIpc) is 2.99. The second-order valence-corrected chi connectivity index (χ2v) is 4.88. The Morgan fingerprint density at radius 3 is 3.00 bits per heavy atom. The molecule has 0 amide bonds. The predicted octanol–water partition coefficient (Wildman–Crippen LogP) is 0.310. The van der Waals surface area contributed by atoms with E-state index in [4.69, 9.17) is 5.73 Å². The van der Waals surface area contributed by atoms with Crippen molar-refractivity contribution in [3.05, 3.63) is 41.7 Å². The van der Waals surface area contributed by atoms with E-state index < -0.39 is 6.10 Å². The van der Waals surface area contributed by atoms with E-state index in [-0.39, 0.29) is 6.04 Å². The Morgan fingerprint density at radius 2 is 2.10 bits per heavy atom. The predicted molar refractivity (Wildman–Crippen MR) is 71.8 cm³/mol. The van der Waals surface area contributed by atoms with E-state index in [1.807, 2.05) is 24.3 Å². The van der Waals surface area contributed by atoms with Crippen LogP contribution < -0.4 is 5.73 Å². The first kappa shape index (κ1) is 11.3. The Kier molecular flexibility index (Phi) is 2.25. The number of nitrogens with two attached hydrogens (primary N) is 1. The largest absolute Gasteiger partial charge is 0.390 e. The lowest BCUT2D eigenvalue weighted by Crippen LogP contribution is -2.22. The number of nitrogen functional groups attached to an aromatic ring is 1. The Labute approximate surface area is 114 Å². The molecular formula is C13H12N6O. The molecule has 0 spiro atoms. The number of hydrogen-bond donors (Lipinski definition) is 2. The molecule has 1 aliphatic rings. The summed E-state index contributed by atoms with van der Waals surface area (Å²) in [5.41, 5.74) is 8.94. The summed E-state index contributed by atoms with van der Waals surface area (Å²) in [6.45, 7) is 0. The van der Waals surface area contributed by atoms with E-state index in [9.17, 15) is 5.11 Å². The summed E-state index contributed by atoms with van der Waals surface area (Å²) in [7, 11) is 0. The lowest BCUT2D eigenvalue weighted by molar-refractivity contribution is 0.139. The van der Waals surface area contributed by atoms with Crippen LogP contribution in [-0.2, 0) is 6.42 Å². The van der Waals surface area contributed by atoms with Gasteiger partial charge in [-0.3, -0.25) is 0 Å². The second-order valence-electron chi connectivity index (χ2n) is 4.88. The van der Waals surface area contributed by atoms with Crippen LogP contribution in [-0.4, -0.2) is 36.2 Å². The van der Waals surface area contributed by atoms with Gasteiger partial charge in [-0.25, -0.2) is 14.6 Å². The molecule has 3 N–H and O–H groups in total. The minimum Gasteiger partial charge on any atom is -0.390 e. The maximum absolute atomic E-state index is 10.3. The van der Waals surface area contributed by atoms with E-state index in [0.29, 0.717) is 23.4 Å². The molecule has 0 bridgehead atoms. The molecule has 0 saturated heterocycles. The number of aromatic nitrogens is 5. The Morgan fingerprint density at radius 1 is 1.25 bits per heavy atom. The highest BCUT2D eigenvalue weighted by atomic mass is 16.3. The molecular weight excluding hydrogens is 256 g/mol. The monoisotopic (exact) mass is 268 g/mol. The second kappa shape index (κ2) is 3.97. The summed E-state index contributed by atoms with van der Waals surface area (Å²) in [5, 5.41) is 18.5. The first-order valence-electron chi connectivity index (χ1n) is 6.33. The van der Waals surface area contributed by atoms with Gasteiger partial charge in [-0.05, 0) is 11.1 Å². The van der Waals surface area contributed by atoms with Crippen molar-refractivity contribution in [1.29, 1.82) is 0 Å². The van der Waals surface area contributed by atoms with Gasteiger partial charge in [0.15, 0.2) is 17.0 Å². The van der Waals surface area contributed by atoms with Crippen LogP contribution in [0.1, 0.15) is 17.2 Å². The molecule has 0 saturated carbocycles. The van der Waals surface area contributed by atoms with Crippen molar-refractivity contribution in [1.82, 2.24) is 25.0 Å². The Hall–Kier alpha value is -2.54. The van der Waals surface area contributed by atoms with E-state index >= 15 is 0 Å². The lowest BCUT2D eigenvalue weighted by atomic mass is 10.1. The van der Waals surface area contributed by atoms with E-state index in [2.05, 4.69) is 20.3 Å². The zero-order valence-corrected chi connectivity index (χ0v) is 10.5. The van der Waals surface area contributed by atoms with Gasteiger partial charge < -0.3 is 10.8 Å². The van der Waals surface area contributed by atoms with Gasteiger partial charge in [0.25, 0.3) is 0 Å². The standard InChI is InChI=1S/C13H12N6O/c14-12-10-13(16-6-15-12)19(18-17-10)11-8-4-2-1-3-7(8)5-9(11)20/h1-4,6,9,11,20H,5H2,(H2,14,15,16)/t9-,11-/m0/s1. The molecule has 3 aromatic rings. The van der Waals surface area contributed by atoms with Crippen LogP contribution in [0, 0.1) is 0 Å². The molecule has 2 atom stereocenters. The first-order valence-corrected chi connectivity index (χ1v) is 6.33. The molecule has 0 radical (unpaired) electrons. The number of anilines is 1. The van der Waals surface area contributed by atoms with Gasteiger partial charge in [0, 0.05) is 6.42 Å². The van der Waals surface area contributed by atoms with Gasteiger partial charge in [-0.1, -0.05) is 29.5 Å². The van der Waals surface area contributed by atoms with Crippen LogP contribution in [0.2, 0.25) is 0 Å². The minimum absolute atomic E-state index is 0.287. The topological polar surface area (TPSA) is 103 Å². The molecule has 7 nitrogen and oxygen atoms in total. The number of aliphatic hydroxyl groups is 1. The molecule has 4 rings (SSSR count). The normalized spacial score (nSPS) is 21.2. The number of rotatable bonds is 1. The summed E-state index contributed by atoms with van der Waals surface area (Å²) >= 11 is 0. The van der Waals surface area contributed by atoms with Crippen LogP contribution in [0.5, 0.6) is 0 Å². The van der Waals surface area contributed by atoms with Crippen molar-refractivity contribution in [3.63, 3.8) is 0 Å². The zero-order chi connectivity index (χ0) is 13.7. The van der Waals surface area contributed by atoms with Gasteiger partial charge in [-0.2, -0.15) is 0 Å². The third kappa shape index (κ3) is 1.44. The summed E-state index contributed by atoms with van der Waals surface area (Å²) in [5.74, 6) is 0.294. The van der Waals surface area contributed by atoms with Crippen LogP contribution in [0.15, 0.2) is 30.6 Å². The molecule has 2 heterocycles. The fraction of sp³-hybridized carbons (Fsp3) is 0.231. The van der Waals surface area contributed by atoms with Gasteiger partial charge in [0.1, 0.15) is 12.4 Å². The smallest absolute Gasteiger partial charge is 0.184 e. The van der Waals surface area contributed by atoms with E-state index in [1.54, 1.807) is 4.68 Å². The molecule has 0 unspecified atom stereocenters. The third-order valence-corrected chi connectivity index (χ3v) is 3.72. The zero-order valence-electron chi connectivity index (χ0n) is 10.5. The van der Waals surface area contributed by atoms with Crippen molar-refractivity contribution < 1.29 is 5.11 Å². The molecule has 2 aromatic heterocycles. The molecule has 7 heteroatoms. The SMILES string of the molecule is Nc1ncnc2c1nnn2[C@H]1c2ccccc2C[C@@H]1O. The van der Waals surface area contributed by atoms with Crippen molar-refractivity contribution in [2.75, 3.05) is 5.73 Å². The fourth-order valence-corrected chi connectivity index (χ4v) is 2.82. The molecule has 100 valence electrons. The lowest BCUT2D eigenvalue weighted by Gasteiger charge is -2.16. The van der Waals surface area contributed by atoms with Gasteiger partial charge >= 0.3 is 0 Å². The van der Waals surface area contributed by atoms with E-state index in [1.165, 1.54) is 6.33 Å². The van der Waals surface area contributed by atoms with E-state index in [0.717, 1.165) is 11.1 Å². The highest BCUT2D eigenvalue weighted by Gasteiger charge is 2.34. The molecule has 1 aliphatic carbocycles. The van der Waals surface area contributed by atoms with Gasteiger partial charge in [0.05, 0.1) is 6.10 Å². The number of hydrogen-bond acceptors (Lipinski definition) is 6. The quantitative estimate of drug-likeness (QED) is 0.658. The Balaban J connectivity index is 1.94. The van der Waals surface area contributed by atoms with Crippen LogP contribution in [0.25, 0.3) is 11.2 Å². The van der Waals surface area contributed by atoms with Crippen molar-refractivity contribution in [3.8, 4) is 0 Å². The molecule has 0 aliphatic heterocycles. The maximum atomic E-state index is 10.3. The van der Waals surface area contributed by atoms with Crippen molar-refractivity contribution >= 4 is 17.0 Å². The number of fused-ring (bicyclic) bond motifs is 2. The summed E-state index contributed by atoms with van der Waals surface area (Å²) in [4.78, 5) is 8.09. The first-order chi connectivity index (χ1) is 9.75. The average molecular weight is 268 g/mol. The van der Waals surface area contributed by atoms with Crippen molar-refractivity contribution in [2.45, 2.75) is 18.6 Å². The van der Waals surface area contributed by atoms with Crippen LogP contribution in [0.4, 0.5) is 5.82 Å². The van der Waals surface area contributed by atoms with Crippen LogP contribution >= 0.6 is 0 Å². The molecule has 20 heavy (non-hydrogen) atoms. The number of benzene rings is 1. The maximum Gasteiger partial charge on any atom is 0.184 e. The fourth-order valence-electron chi connectivity index (χ4n) is 2.82. The van der Waals surface area contributed by atoms with Gasteiger partial charge in [-0.15, -0.1) is 5.10 Å².